The normalized spacial score (nSPS) is 16.1. The lowest BCUT2D eigenvalue weighted by molar-refractivity contribution is -0.386. The summed E-state index contributed by atoms with van der Waals surface area (Å²) in [5.74, 6) is -1.21. The van der Waals surface area contributed by atoms with Gasteiger partial charge in [0.1, 0.15) is 0 Å². The van der Waals surface area contributed by atoms with Gasteiger partial charge in [-0.1, -0.05) is 0 Å². The Balaban J connectivity index is 2.49. The standard InChI is InChI=1S/C12H10N2O6S/c1-2-20-8-4-6(3-7(10(8)15)14(18)19)5-9-11(16)13-12(17)21-9/h3-5,15H,2H2,1H3,(H,13,16,17)/b9-5-. The number of aromatic hydroxyl groups is 1. The zero-order chi connectivity index (χ0) is 15.6. The van der Waals surface area contributed by atoms with Crippen molar-refractivity contribution in [2.45, 2.75) is 6.92 Å². The van der Waals surface area contributed by atoms with E-state index in [4.69, 9.17) is 4.74 Å². The number of nitrogens with zero attached hydrogens (tertiary/aromatic N) is 1. The van der Waals surface area contributed by atoms with E-state index in [0.29, 0.717) is 11.8 Å². The average Bonchev–Trinajstić information content (AvgIpc) is 2.71. The number of thioether (sulfide) groups is 1. The second-order valence-corrected chi connectivity index (χ2v) is 4.94. The number of amides is 2. The molecule has 1 aliphatic rings. The lowest BCUT2D eigenvalue weighted by atomic mass is 10.1. The lowest BCUT2D eigenvalue weighted by Crippen LogP contribution is -2.17. The molecule has 9 heteroatoms. The van der Waals surface area contributed by atoms with E-state index in [9.17, 15) is 24.8 Å². The highest BCUT2D eigenvalue weighted by Gasteiger charge is 2.26. The monoisotopic (exact) mass is 310 g/mol. The van der Waals surface area contributed by atoms with Gasteiger partial charge in [-0.2, -0.15) is 0 Å². The van der Waals surface area contributed by atoms with E-state index in [1.807, 2.05) is 0 Å². The maximum Gasteiger partial charge on any atom is 0.315 e. The minimum absolute atomic E-state index is 0.0618. The fourth-order valence-electron chi connectivity index (χ4n) is 1.67. The van der Waals surface area contributed by atoms with E-state index in [-0.39, 0.29) is 22.8 Å². The molecule has 1 aromatic carbocycles. The summed E-state index contributed by atoms with van der Waals surface area (Å²) in [6.07, 6.45) is 1.32. The lowest BCUT2D eigenvalue weighted by Gasteiger charge is -2.07. The van der Waals surface area contributed by atoms with Crippen LogP contribution in [0.3, 0.4) is 0 Å². The third-order valence-corrected chi connectivity index (χ3v) is 3.32. The van der Waals surface area contributed by atoms with E-state index in [1.54, 1.807) is 6.92 Å². The first-order valence-electron chi connectivity index (χ1n) is 5.81. The molecule has 8 nitrogen and oxygen atoms in total. The smallest absolute Gasteiger partial charge is 0.315 e. The summed E-state index contributed by atoms with van der Waals surface area (Å²) < 4.78 is 5.12. The van der Waals surface area contributed by atoms with E-state index >= 15 is 0 Å². The molecule has 1 heterocycles. The molecule has 0 saturated carbocycles. The zero-order valence-corrected chi connectivity index (χ0v) is 11.6. The van der Waals surface area contributed by atoms with Crippen LogP contribution in [0.15, 0.2) is 17.0 Å². The maximum absolute atomic E-state index is 11.4. The fourth-order valence-corrected chi connectivity index (χ4v) is 2.36. The van der Waals surface area contributed by atoms with Gasteiger partial charge in [-0.15, -0.1) is 0 Å². The maximum atomic E-state index is 11.4. The Morgan fingerprint density at radius 1 is 1.48 bits per heavy atom. The van der Waals surface area contributed by atoms with Crippen molar-refractivity contribution in [1.82, 2.24) is 5.32 Å². The van der Waals surface area contributed by atoms with Gasteiger partial charge < -0.3 is 9.84 Å². The quantitative estimate of drug-likeness (QED) is 0.496. The number of nitro groups is 1. The van der Waals surface area contributed by atoms with Crippen molar-refractivity contribution in [2.75, 3.05) is 6.61 Å². The van der Waals surface area contributed by atoms with E-state index in [2.05, 4.69) is 5.32 Å². The van der Waals surface area contributed by atoms with Gasteiger partial charge in [-0.25, -0.2) is 0 Å². The molecular weight excluding hydrogens is 300 g/mol. The number of phenolic OH excluding ortho intramolecular Hbond substituents is 1. The van der Waals surface area contributed by atoms with Gasteiger partial charge in [0.2, 0.25) is 5.75 Å². The summed E-state index contributed by atoms with van der Waals surface area (Å²) in [4.78, 5) is 32.8. The van der Waals surface area contributed by atoms with Crippen LogP contribution in [-0.2, 0) is 4.79 Å². The van der Waals surface area contributed by atoms with Crippen molar-refractivity contribution in [2.24, 2.45) is 0 Å². The predicted octanol–water partition coefficient (Wildman–Crippen LogP) is 2.02. The van der Waals surface area contributed by atoms with Gasteiger partial charge in [0.25, 0.3) is 11.1 Å². The van der Waals surface area contributed by atoms with Crippen LogP contribution in [0, 0.1) is 10.1 Å². The minimum Gasteiger partial charge on any atom is -0.500 e. The Kier molecular flexibility index (Phi) is 4.13. The van der Waals surface area contributed by atoms with Crippen molar-refractivity contribution in [3.8, 4) is 11.5 Å². The first kappa shape index (κ1) is 14.9. The highest BCUT2D eigenvalue weighted by Crippen LogP contribution is 2.38. The minimum atomic E-state index is -0.757. The molecule has 0 unspecified atom stereocenters. The van der Waals surface area contributed by atoms with Gasteiger partial charge in [0.15, 0.2) is 5.75 Å². The van der Waals surface area contributed by atoms with Crippen molar-refractivity contribution >= 4 is 34.7 Å². The van der Waals surface area contributed by atoms with Gasteiger partial charge >= 0.3 is 5.69 Å². The van der Waals surface area contributed by atoms with Crippen LogP contribution in [0.2, 0.25) is 0 Å². The molecule has 0 aromatic heterocycles. The Morgan fingerprint density at radius 3 is 2.71 bits per heavy atom. The first-order valence-corrected chi connectivity index (χ1v) is 6.63. The number of carbonyl (C=O) groups is 2. The summed E-state index contributed by atoms with van der Waals surface area (Å²) in [6.45, 7) is 1.87. The first-order chi connectivity index (χ1) is 9.92. The van der Waals surface area contributed by atoms with E-state index < -0.39 is 27.5 Å². The predicted molar refractivity (Wildman–Crippen MR) is 75.0 cm³/mol. The van der Waals surface area contributed by atoms with Crippen LogP contribution in [0.4, 0.5) is 10.5 Å². The van der Waals surface area contributed by atoms with E-state index in [1.165, 1.54) is 12.1 Å². The van der Waals surface area contributed by atoms with Crippen LogP contribution in [0.5, 0.6) is 11.5 Å². The molecule has 1 aromatic rings. The van der Waals surface area contributed by atoms with Gasteiger partial charge in [0.05, 0.1) is 16.4 Å². The van der Waals surface area contributed by atoms with Crippen molar-refractivity contribution < 1.29 is 24.4 Å². The largest absolute Gasteiger partial charge is 0.500 e. The Labute approximate surface area is 122 Å². The highest BCUT2D eigenvalue weighted by atomic mass is 32.2. The molecule has 0 bridgehead atoms. The highest BCUT2D eigenvalue weighted by molar-refractivity contribution is 8.18. The molecule has 1 aliphatic heterocycles. The second kappa shape index (κ2) is 5.83. The number of hydrogen-bond acceptors (Lipinski definition) is 7. The molecule has 2 rings (SSSR count). The number of hydrogen-bond donors (Lipinski definition) is 2. The number of nitro benzene ring substituents is 1. The summed E-state index contributed by atoms with van der Waals surface area (Å²) in [6, 6.07) is 2.46. The molecule has 110 valence electrons. The fraction of sp³-hybridized carbons (Fsp3) is 0.167. The molecule has 1 saturated heterocycles. The third kappa shape index (κ3) is 3.14. The molecule has 1 fully saturated rings. The summed E-state index contributed by atoms with van der Waals surface area (Å²) in [7, 11) is 0. The molecule has 21 heavy (non-hydrogen) atoms. The summed E-state index contributed by atoms with van der Waals surface area (Å²) >= 11 is 0.695. The number of rotatable bonds is 4. The third-order valence-electron chi connectivity index (χ3n) is 2.51. The van der Waals surface area contributed by atoms with E-state index in [0.717, 1.165) is 6.07 Å². The van der Waals surface area contributed by atoms with Crippen molar-refractivity contribution in [1.29, 1.82) is 0 Å². The van der Waals surface area contributed by atoms with Gasteiger partial charge in [0, 0.05) is 6.07 Å². The Morgan fingerprint density at radius 2 is 2.19 bits per heavy atom. The number of benzene rings is 1. The number of ether oxygens (including phenoxy) is 1. The van der Waals surface area contributed by atoms with Crippen molar-refractivity contribution in [3.05, 3.63) is 32.7 Å². The Bertz CT molecular complexity index is 670. The number of nitrogens with one attached hydrogen (secondary N) is 1. The number of carbonyl (C=O) groups excluding carboxylic acids is 2. The SMILES string of the molecule is CCOc1cc(/C=C2\SC(=O)NC2=O)cc([N+](=O)[O-])c1O. The van der Waals surface area contributed by atoms with Crippen LogP contribution >= 0.6 is 11.8 Å². The van der Waals surface area contributed by atoms with Gasteiger partial charge in [-0.05, 0) is 36.4 Å². The number of phenols is 1. The molecule has 2 amide bonds. The van der Waals surface area contributed by atoms with Crippen LogP contribution < -0.4 is 10.1 Å². The number of imide groups is 1. The molecule has 2 N–H and O–H groups in total. The molecule has 0 atom stereocenters. The van der Waals surface area contributed by atoms with Crippen LogP contribution in [0.1, 0.15) is 12.5 Å². The molecular formula is C12H10N2O6S. The zero-order valence-electron chi connectivity index (χ0n) is 10.8. The Hall–Kier alpha value is -2.55. The summed E-state index contributed by atoms with van der Waals surface area (Å²) in [5, 5.41) is 22.2. The second-order valence-electron chi connectivity index (χ2n) is 3.93. The topological polar surface area (TPSA) is 119 Å². The van der Waals surface area contributed by atoms with Gasteiger partial charge in [-0.3, -0.25) is 25.0 Å². The molecule has 0 aliphatic carbocycles. The van der Waals surface area contributed by atoms with Crippen LogP contribution in [-0.4, -0.2) is 27.8 Å². The van der Waals surface area contributed by atoms with Crippen LogP contribution in [0.25, 0.3) is 6.08 Å². The molecule has 0 spiro atoms. The van der Waals surface area contributed by atoms with Crippen molar-refractivity contribution in [3.63, 3.8) is 0 Å². The average molecular weight is 310 g/mol. The molecule has 0 radical (unpaired) electrons. The summed E-state index contributed by atoms with van der Waals surface area (Å²) in [5.41, 5.74) is -0.266.